The molecule has 1 unspecified atom stereocenters. The van der Waals surface area contributed by atoms with Crippen molar-refractivity contribution in [2.45, 2.75) is 4.90 Å². The first-order chi connectivity index (χ1) is 8.27. The van der Waals surface area contributed by atoms with Gasteiger partial charge in [-0.15, -0.1) is 0 Å². The van der Waals surface area contributed by atoms with Crippen molar-refractivity contribution in [2.75, 3.05) is 0 Å². The normalized spacial score (nSPS) is 12.8. The molecule has 86 valence electrons. The SMILES string of the molecule is N=S(/C=C/c1cccnc1)c1ccccc1Cl. The minimum atomic E-state index is -0.736. The number of hydrogen-bond acceptors (Lipinski definition) is 2. The molecular weight excluding hydrogens is 252 g/mol. The first-order valence-corrected chi connectivity index (χ1v) is 6.71. The molecule has 0 saturated heterocycles. The number of aromatic nitrogens is 1. The van der Waals surface area contributed by atoms with Gasteiger partial charge in [-0.05, 0) is 45.9 Å². The Morgan fingerprint density at radius 1 is 1.18 bits per heavy atom. The summed E-state index contributed by atoms with van der Waals surface area (Å²) >= 11 is 6.04. The van der Waals surface area contributed by atoms with Crippen LogP contribution in [0.25, 0.3) is 6.08 Å². The number of rotatable bonds is 3. The van der Waals surface area contributed by atoms with Gasteiger partial charge in [0.25, 0.3) is 0 Å². The summed E-state index contributed by atoms with van der Waals surface area (Å²) in [7, 11) is -0.736. The standard InChI is InChI=1S/C13H11ClN2S/c14-12-5-1-2-6-13(12)17(15)9-7-11-4-3-8-16-10-11/h1-10,15H/b9-7+. The lowest BCUT2D eigenvalue weighted by molar-refractivity contribution is 1.32. The van der Waals surface area contributed by atoms with Crippen LogP contribution in [0.15, 0.2) is 59.1 Å². The van der Waals surface area contributed by atoms with E-state index in [9.17, 15) is 0 Å². The Balaban J connectivity index is 2.18. The van der Waals surface area contributed by atoms with Crippen molar-refractivity contribution in [3.05, 3.63) is 64.8 Å². The molecule has 17 heavy (non-hydrogen) atoms. The van der Waals surface area contributed by atoms with Crippen molar-refractivity contribution in [2.24, 2.45) is 0 Å². The Morgan fingerprint density at radius 2 is 2.00 bits per heavy atom. The Labute approximate surface area is 108 Å². The van der Waals surface area contributed by atoms with E-state index in [1.807, 2.05) is 47.9 Å². The van der Waals surface area contributed by atoms with Gasteiger partial charge in [0.1, 0.15) is 0 Å². The highest BCUT2D eigenvalue weighted by Gasteiger charge is 2.00. The molecule has 0 bridgehead atoms. The molecule has 1 atom stereocenters. The van der Waals surface area contributed by atoms with Gasteiger partial charge in [0.15, 0.2) is 0 Å². The van der Waals surface area contributed by atoms with E-state index in [-0.39, 0.29) is 0 Å². The van der Waals surface area contributed by atoms with Gasteiger partial charge in [-0.25, -0.2) is 0 Å². The molecule has 0 aliphatic rings. The summed E-state index contributed by atoms with van der Waals surface area (Å²) in [5.74, 6) is 0. The van der Waals surface area contributed by atoms with Crippen molar-refractivity contribution < 1.29 is 0 Å². The minimum Gasteiger partial charge on any atom is -0.271 e. The molecule has 4 heteroatoms. The monoisotopic (exact) mass is 262 g/mol. The lowest BCUT2D eigenvalue weighted by Gasteiger charge is -2.02. The Morgan fingerprint density at radius 3 is 2.71 bits per heavy atom. The fraction of sp³-hybridized carbons (Fsp3) is 0. The van der Waals surface area contributed by atoms with Gasteiger partial charge in [-0.1, -0.05) is 29.8 Å². The molecular formula is C13H11ClN2S. The average Bonchev–Trinajstić information content (AvgIpc) is 2.38. The number of nitrogens with zero attached hydrogens (tertiary/aromatic N) is 1. The number of hydrogen-bond donors (Lipinski definition) is 1. The molecule has 2 rings (SSSR count). The van der Waals surface area contributed by atoms with Crippen LogP contribution in [0.5, 0.6) is 0 Å². The Hall–Kier alpha value is -1.45. The Bertz CT molecular complexity index is 552. The Kier molecular flexibility index (Phi) is 4.07. The van der Waals surface area contributed by atoms with E-state index in [0.29, 0.717) is 5.02 Å². The fourth-order valence-electron chi connectivity index (χ4n) is 1.32. The van der Waals surface area contributed by atoms with Crippen LogP contribution in [0.2, 0.25) is 5.02 Å². The van der Waals surface area contributed by atoms with E-state index < -0.39 is 10.7 Å². The van der Waals surface area contributed by atoms with Crippen molar-refractivity contribution in [3.8, 4) is 0 Å². The average molecular weight is 263 g/mol. The summed E-state index contributed by atoms with van der Waals surface area (Å²) in [5.41, 5.74) is 0.990. The zero-order valence-electron chi connectivity index (χ0n) is 9.01. The molecule has 0 radical (unpaired) electrons. The third-order valence-corrected chi connectivity index (χ3v) is 3.83. The molecule has 1 N–H and O–H groups in total. The number of benzene rings is 1. The summed E-state index contributed by atoms with van der Waals surface area (Å²) in [6.07, 6.45) is 5.39. The van der Waals surface area contributed by atoms with Crippen molar-refractivity contribution in [1.82, 2.24) is 4.98 Å². The van der Waals surface area contributed by atoms with E-state index in [2.05, 4.69) is 4.98 Å². The maximum absolute atomic E-state index is 8.04. The van der Waals surface area contributed by atoms with Crippen LogP contribution in [0.3, 0.4) is 0 Å². The minimum absolute atomic E-state index is 0.640. The van der Waals surface area contributed by atoms with Gasteiger partial charge in [0.05, 0.1) is 5.02 Å². The number of nitrogens with one attached hydrogen (secondary N) is 1. The molecule has 1 aromatic carbocycles. The first kappa shape index (κ1) is 12.0. The molecule has 0 saturated carbocycles. The van der Waals surface area contributed by atoms with E-state index in [1.54, 1.807) is 12.4 Å². The van der Waals surface area contributed by atoms with Crippen LogP contribution in [0.1, 0.15) is 5.56 Å². The van der Waals surface area contributed by atoms with Crippen molar-refractivity contribution in [3.63, 3.8) is 0 Å². The van der Waals surface area contributed by atoms with Gasteiger partial charge in [-0.2, -0.15) is 0 Å². The van der Waals surface area contributed by atoms with Crippen LogP contribution < -0.4 is 0 Å². The van der Waals surface area contributed by atoms with Gasteiger partial charge < -0.3 is 0 Å². The van der Waals surface area contributed by atoms with E-state index in [1.165, 1.54) is 0 Å². The fourth-order valence-corrected chi connectivity index (χ4v) is 2.65. The molecule has 1 aromatic heterocycles. The molecule has 1 heterocycles. The molecule has 2 aromatic rings. The van der Waals surface area contributed by atoms with Gasteiger partial charge in [-0.3, -0.25) is 9.76 Å². The van der Waals surface area contributed by atoms with Gasteiger partial charge >= 0.3 is 0 Å². The maximum atomic E-state index is 8.04. The number of pyridine rings is 1. The topological polar surface area (TPSA) is 36.7 Å². The second kappa shape index (κ2) is 5.75. The predicted octanol–water partition coefficient (Wildman–Crippen LogP) is 4.15. The summed E-state index contributed by atoms with van der Waals surface area (Å²) in [4.78, 5) is 4.86. The summed E-state index contributed by atoms with van der Waals surface area (Å²) < 4.78 is 8.04. The largest absolute Gasteiger partial charge is 0.271 e. The smallest absolute Gasteiger partial charge is 0.0554 e. The highest BCUT2D eigenvalue weighted by atomic mass is 35.5. The molecule has 0 aliphatic heterocycles. The highest BCUT2D eigenvalue weighted by molar-refractivity contribution is 7.89. The van der Waals surface area contributed by atoms with Gasteiger partial charge in [0.2, 0.25) is 0 Å². The van der Waals surface area contributed by atoms with Crippen molar-refractivity contribution in [1.29, 1.82) is 4.78 Å². The zero-order valence-corrected chi connectivity index (χ0v) is 10.6. The van der Waals surface area contributed by atoms with Gasteiger partial charge in [0, 0.05) is 17.3 Å². The molecule has 2 nitrogen and oxygen atoms in total. The maximum Gasteiger partial charge on any atom is 0.0554 e. The zero-order chi connectivity index (χ0) is 12.1. The summed E-state index contributed by atoms with van der Waals surface area (Å²) in [6, 6.07) is 11.3. The van der Waals surface area contributed by atoms with Crippen LogP contribution in [-0.2, 0) is 10.7 Å². The van der Waals surface area contributed by atoms with E-state index >= 15 is 0 Å². The predicted molar refractivity (Wildman–Crippen MR) is 73.1 cm³/mol. The summed E-state index contributed by atoms with van der Waals surface area (Å²) in [6.45, 7) is 0. The second-order valence-electron chi connectivity index (χ2n) is 3.36. The van der Waals surface area contributed by atoms with Crippen molar-refractivity contribution >= 4 is 28.4 Å². The van der Waals surface area contributed by atoms with Crippen LogP contribution in [0, 0.1) is 4.78 Å². The summed E-state index contributed by atoms with van der Waals surface area (Å²) in [5, 5.41) is 2.47. The van der Waals surface area contributed by atoms with E-state index in [0.717, 1.165) is 10.5 Å². The number of halogens is 1. The second-order valence-corrected chi connectivity index (χ2v) is 5.15. The lowest BCUT2D eigenvalue weighted by atomic mass is 10.3. The molecule has 0 spiro atoms. The first-order valence-electron chi connectivity index (χ1n) is 5.04. The van der Waals surface area contributed by atoms with Crippen LogP contribution in [0.4, 0.5) is 0 Å². The quantitative estimate of drug-likeness (QED) is 0.887. The van der Waals surface area contributed by atoms with Crippen LogP contribution >= 0.6 is 11.6 Å². The van der Waals surface area contributed by atoms with E-state index in [4.69, 9.17) is 16.4 Å². The third-order valence-electron chi connectivity index (χ3n) is 2.15. The van der Waals surface area contributed by atoms with Crippen LogP contribution in [-0.4, -0.2) is 4.98 Å². The molecule has 0 amide bonds. The highest BCUT2D eigenvalue weighted by Crippen LogP contribution is 2.20. The third kappa shape index (κ3) is 3.25. The lowest BCUT2D eigenvalue weighted by Crippen LogP contribution is -1.85. The molecule has 0 aliphatic carbocycles. The molecule has 0 fully saturated rings.